The highest BCUT2D eigenvalue weighted by molar-refractivity contribution is 6.00. The summed E-state index contributed by atoms with van der Waals surface area (Å²) < 4.78 is 10.2. The Bertz CT molecular complexity index is 779. The molecule has 170 valence electrons. The molecule has 2 fully saturated rings. The van der Waals surface area contributed by atoms with Crippen molar-refractivity contribution in [1.82, 2.24) is 15.1 Å². The van der Waals surface area contributed by atoms with E-state index in [-0.39, 0.29) is 30.1 Å². The minimum absolute atomic E-state index is 0.00815. The highest BCUT2D eigenvalue weighted by atomic mass is 16.5. The largest absolute Gasteiger partial charge is 0.497 e. The van der Waals surface area contributed by atoms with Crippen molar-refractivity contribution in [3.05, 3.63) is 24.3 Å². The average Bonchev–Trinajstić information content (AvgIpc) is 3.18. The number of rotatable bonds is 9. The SMILES string of the molecule is COCCCNC(=O)CN1CCN(C(=O)C2CC(=O)N(c3cccc(OC)c3)C2)CC1. The molecule has 3 rings (SSSR count). The second kappa shape index (κ2) is 11.1. The van der Waals surface area contributed by atoms with Crippen LogP contribution in [0.3, 0.4) is 0 Å². The second-order valence-electron chi connectivity index (χ2n) is 7.90. The Balaban J connectivity index is 1.45. The van der Waals surface area contributed by atoms with Crippen LogP contribution in [0.25, 0.3) is 0 Å². The van der Waals surface area contributed by atoms with Crippen molar-refractivity contribution < 1.29 is 23.9 Å². The Kier molecular flexibility index (Phi) is 8.25. The molecule has 1 aromatic carbocycles. The van der Waals surface area contributed by atoms with E-state index >= 15 is 0 Å². The van der Waals surface area contributed by atoms with E-state index in [2.05, 4.69) is 10.2 Å². The fourth-order valence-corrected chi connectivity index (χ4v) is 3.99. The fraction of sp³-hybridized carbons (Fsp3) is 0.591. The molecule has 1 N–H and O–H groups in total. The number of benzene rings is 1. The third-order valence-electron chi connectivity index (χ3n) is 5.74. The normalized spacial score (nSPS) is 19.5. The molecular weight excluding hydrogens is 400 g/mol. The van der Waals surface area contributed by atoms with E-state index in [0.29, 0.717) is 58.2 Å². The maximum Gasteiger partial charge on any atom is 0.234 e. The zero-order chi connectivity index (χ0) is 22.2. The maximum atomic E-state index is 13.0. The van der Waals surface area contributed by atoms with Crippen LogP contribution in [-0.2, 0) is 19.1 Å². The van der Waals surface area contributed by atoms with Gasteiger partial charge < -0.3 is 24.6 Å². The van der Waals surface area contributed by atoms with Crippen molar-refractivity contribution in [3.63, 3.8) is 0 Å². The van der Waals surface area contributed by atoms with Gasteiger partial charge in [0.2, 0.25) is 17.7 Å². The van der Waals surface area contributed by atoms with E-state index in [9.17, 15) is 14.4 Å². The number of carbonyl (C=O) groups is 3. The summed E-state index contributed by atoms with van der Waals surface area (Å²) in [4.78, 5) is 43.1. The molecule has 1 atom stereocenters. The number of methoxy groups -OCH3 is 2. The predicted octanol–water partition coefficient (Wildman–Crippen LogP) is 0.345. The summed E-state index contributed by atoms with van der Waals surface area (Å²) in [6, 6.07) is 7.33. The lowest BCUT2D eigenvalue weighted by atomic mass is 10.1. The van der Waals surface area contributed by atoms with Crippen LogP contribution in [0.2, 0.25) is 0 Å². The van der Waals surface area contributed by atoms with Crippen LogP contribution in [0.4, 0.5) is 5.69 Å². The van der Waals surface area contributed by atoms with Crippen LogP contribution in [-0.4, -0.2) is 94.2 Å². The van der Waals surface area contributed by atoms with Crippen LogP contribution < -0.4 is 15.0 Å². The van der Waals surface area contributed by atoms with Gasteiger partial charge in [-0.25, -0.2) is 0 Å². The van der Waals surface area contributed by atoms with Crippen LogP contribution >= 0.6 is 0 Å². The van der Waals surface area contributed by atoms with E-state index in [4.69, 9.17) is 9.47 Å². The van der Waals surface area contributed by atoms with Crippen LogP contribution in [0.15, 0.2) is 24.3 Å². The number of hydrogen-bond donors (Lipinski definition) is 1. The summed E-state index contributed by atoms with van der Waals surface area (Å²) in [5.74, 6) is 0.303. The van der Waals surface area contributed by atoms with Crippen molar-refractivity contribution in [2.75, 3.05) is 71.5 Å². The minimum Gasteiger partial charge on any atom is -0.497 e. The predicted molar refractivity (Wildman–Crippen MR) is 116 cm³/mol. The topological polar surface area (TPSA) is 91.4 Å². The fourth-order valence-electron chi connectivity index (χ4n) is 3.99. The van der Waals surface area contributed by atoms with Crippen molar-refractivity contribution >= 4 is 23.4 Å². The zero-order valence-corrected chi connectivity index (χ0v) is 18.3. The first kappa shape index (κ1) is 23.0. The Hall–Kier alpha value is -2.65. The number of amides is 3. The molecule has 1 aromatic rings. The number of nitrogens with one attached hydrogen (secondary N) is 1. The van der Waals surface area contributed by atoms with Gasteiger partial charge in [0.15, 0.2) is 0 Å². The zero-order valence-electron chi connectivity index (χ0n) is 18.3. The van der Waals surface area contributed by atoms with Crippen molar-refractivity contribution in [2.24, 2.45) is 5.92 Å². The van der Waals surface area contributed by atoms with E-state index in [1.54, 1.807) is 19.1 Å². The monoisotopic (exact) mass is 432 g/mol. The molecule has 0 radical (unpaired) electrons. The Morgan fingerprint density at radius 3 is 2.65 bits per heavy atom. The van der Waals surface area contributed by atoms with Gasteiger partial charge in [-0.1, -0.05) is 6.07 Å². The smallest absolute Gasteiger partial charge is 0.234 e. The van der Waals surface area contributed by atoms with E-state index < -0.39 is 0 Å². The Morgan fingerprint density at radius 2 is 1.94 bits per heavy atom. The second-order valence-corrected chi connectivity index (χ2v) is 7.90. The van der Waals surface area contributed by atoms with Gasteiger partial charge in [-0.3, -0.25) is 19.3 Å². The van der Waals surface area contributed by atoms with Gasteiger partial charge in [-0.05, 0) is 18.6 Å². The molecule has 2 aliphatic heterocycles. The highest BCUT2D eigenvalue weighted by Gasteiger charge is 2.38. The molecule has 31 heavy (non-hydrogen) atoms. The molecular formula is C22H32N4O5. The number of ether oxygens (including phenoxy) is 2. The maximum absolute atomic E-state index is 13.0. The summed E-state index contributed by atoms with van der Waals surface area (Å²) in [5, 5.41) is 2.88. The first-order valence-electron chi connectivity index (χ1n) is 10.7. The number of piperazine rings is 1. The molecule has 9 heteroatoms. The van der Waals surface area contributed by atoms with Crippen LogP contribution in [0.5, 0.6) is 5.75 Å². The van der Waals surface area contributed by atoms with Crippen molar-refractivity contribution in [1.29, 1.82) is 0 Å². The quantitative estimate of drug-likeness (QED) is 0.566. The van der Waals surface area contributed by atoms with Crippen LogP contribution in [0, 0.1) is 5.92 Å². The van der Waals surface area contributed by atoms with E-state index in [0.717, 1.165) is 12.1 Å². The lowest BCUT2D eigenvalue weighted by molar-refractivity contribution is -0.137. The van der Waals surface area contributed by atoms with Crippen molar-refractivity contribution in [3.8, 4) is 5.75 Å². The van der Waals surface area contributed by atoms with Gasteiger partial charge in [-0.15, -0.1) is 0 Å². The molecule has 0 aromatic heterocycles. The molecule has 0 bridgehead atoms. The number of anilines is 1. The van der Waals surface area contributed by atoms with Gasteiger partial charge in [0.05, 0.1) is 19.6 Å². The molecule has 2 aliphatic rings. The van der Waals surface area contributed by atoms with Gasteiger partial charge >= 0.3 is 0 Å². The van der Waals surface area contributed by atoms with Gasteiger partial charge in [-0.2, -0.15) is 0 Å². The lowest BCUT2D eigenvalue weighted by Gasteiger charge is -2.35. The molecule has 3 amide bonds. The molecule has 2 heterocycles. The summed E-state index contributed by atoms with van der Waals surface area (Å²) in [6.45, 7) is 4.38. The summed E-state index contributed by atoms with van der Waals surface area (Å²) in [7, 11) is 3.22. The third-order valence-corrected chi connectivity index (χ3v) is 5.74. The molecule has 9 nitrogen and oxygen atoms in total. The molecule has 2 saturated heterocycles. The minimum atomic E-state index is -0.339. The van der Waals surface area contributed by atoms with Gasteiger partial charge in [0.25, 0.3) is 0 Å². The standard InChI is InChI=1S/C22H32N4O5/c1-30-12-4-7-23-20(27)16-24-8-10-25(11-9-24)22(29)17-13-21(28)26(15-17)18-5-3-6-19(14-18)31-2/h3,5-6,14,17H,4,7-13,15-16H2,1-2H3,(H,23,27). The number of nitrogens with zero attached hydrogens (tertiary/aromatic N) is 3. The number of hydrogen-bond acceptors (Lipinski definition) is 6. The first-order valence-corrected chi connectivity index (χ1v) is 10.7. The van der Waals surface area contributed by atoms with E-state index in [1.165, 1.54) is 0 Å². The Morgan fingerprint density at radius 1 is 1.16 bits per heavy atom. The molecule has 0 spiro atoms. The summed E-state index contributed by atoms with van der Waals surface area (Å²) in [5.41, 5.74) is 0.751. The third kappa shape index (κ3) is 6.18. The number of carbonyl (C=O) groups excluding carboxylic acids is 3. The molecule has 0 saturated carbocycles. The summed E-state index contributed by atoms with van der Waals surface area (Å²) in [6.07, 6.45) is 1.01. The highest BCUT2D eigenvalue weighted by Crippen LogP contribution is 2.29. The molecule has 0 aliphatic carbocycles. The lowest BCUT2D eigenvalue weighted by Crippen LogP contribution is -2.52. The van der Waals surface area contributed by atoms with Crippen molar-refractivity contribution in [2.45, 2.75) is 12.8 Å². The average molecular weight is 433 g/mol. The summed E-state index contributed by atoms with van der Waals surface area (Å²) >= 11 is 0. The van der Waals surface area contributed by atoms with Gasteiger partial charge in [0.1, 0.15) is 5.75 Å². The van der Waals surface area contributed by atoms with E-state index in [1.807, 2.05) is 29.2 Å². The first-order chi connectivity index (χ1) is 15.0. The van der Waals surface area contributed by atoms with Gasteiger partial charge in [0, 0.05) is 71.2 Å². The molecule has 1 unspecified atom stereocenters. The van der Waals surface area contributed by atoms with Crippen LogP contribution in [0.1, 0.15) is 12.8 Å². The Labute approximate surface area is 183 Å².